The Kier molecular flexibility index (Phi) is 4.58. The Morgan fingerprint density at radius 2 is 1.86 bits per heavy atom. The number of hydrogen-bond acceptors (Lipinski definition) is 5. The number of nitrogens with one attached hydrogen (secondary N) is 1. The van der Waals surface area contributed by atoms with Crippen molar-refractivity contribution in [1.82, 2.24) is 20.0 Å². The Labute approximate surface area is 129 Å². The smallest absolute Gasteiger partial charge is 0.410 e. The molecule has 8 heteroatoms. The van der Waals surface area contributed by atoms with E-state index in [9.17, 15) is 9.59 Å². The van der Waals surface area contributed by atoms with Crippen molar-refractivity contribution in [3.63, 3.8) is 0 Å². The number of carbonyl (C=O) groups excluding carboxylic acids is 2. The van der Waals surface area contributed by atoms with Gasteiger partial charge in [0.1, 0.15) is 11.3 Å². The predicted molar refractivity (Wildman–Crippen MR) is 81.3 cm³/mol. The molecule has 22 heavy (non-hydrogen) atoms. The summed E-state index contributed by atoms with van der Waals surface area (Å²) < 4.78 is 5.37. The Hall–Kier alpha value is -2.25. The van der Waals surface area contributed by atoms with Crippen LogP contribution in [0.4, 0.5) is 10.5 Å². The number of rotatable bonds is 1. The molecule has 1 aromatic rings. The van der Waals surface area contributed by atoms with Gasteiger partial charge in [0, 0.05) is 26.2 Å². The van der Waals surface area contributed by atoms with E-state index in [1.54, 1.807) is 9.80 Å². The van der Waals surface area contributed by atoms with Crippen LogP contribution >= 0.6 is 0 Å². The van der Waals surface area contributed by atoms with Crippen molar-refractivity contribution in [2.45, 2.75) is 32.8 Å². The van der Waals surface area contributed by atoms with Crippen molar-refractivity contribution in [3.05, 3.63) is 11.9 Å². The lowest BCUT2D eigenvalue weighted by molar-refractivity contribution is 0.0255. The van der Waals surface area contributed by atoms with Gasteiger partial charge in [-0.05, 0) is 27.2 Å². The molecule has 0 atom stereocenters. The molecule has 0 spiro atoms. The van der Waals surface area contributed by atoms with Gasteiger partial charge >= 0.3 is 6.09 Å². The van der Waals surface area contributed by atoms with E-state index in [1.807, 2.05) is 20.8 Å². The third-order valence-electron chi connectivity index (χ3n) is 3.32. The van der Waals surface area contributed by atoms with Gasteiger partial charge in [0.15, 0.2) is 0 Å². The number of anilines is 1. The molecule has 1 fully saturated rings. The zero-order valence-electron chi connectivity index (χ0n) is 13.3. The summed E-state index contributed by atoms with van der Waals surface area (Å²) in [4.78, 5) is 27.8. The second-order valence-electron chi connectivity index (χ2n) is 6.31. The Morgan fingerprint density at radius 3 is 2.45 bits per heavy atom. The number of amides is 2. The lowest BCUT2D eigenvalue weighted by Gasteiger charge is -2.26. The van der Waals surface area contributed by atoms with Gasteiger partial charge in [-0.15, -0.1) is 0 Å². The fourth-order valence-electron chi connectivity index (χ4n) is 2.25. The zero-order valence-corrected chi connectivity index (χ0v) is 13.3. The van der Waals surface area contributed by atoms with Gasteiger partial charge in [-0.1, -0.05) is 0 Å². The SMILES string of the molecule is CC(C)(C)OC(=O)N1CCCN(C(=O)c2[nH]ncc2N)CC1. The summed E-state index contributed by atoms with van der Waals surface area (Å²) in [7, 11) is 0. The maximum absolute atomic E-state index is 12.4. The molecule has 1 aliphatic rings. The quantitative estimate of drug-likeness (QED) is 0.807. The summed E-state index contributed by atoms with van der Waals surface area (Å²) in [6.45, 7) is 7.51. The number of nitrogens with two attached hydrogens (primary N) is 1. The molecule has 0 bridgehead atoms. The fourth-order valence-corrected chi connectivity index (χ4v) is 2.25. The standard InChI is InChI=1S/C14H23N5O3/c1-14(2,3)22-13(21)19-6-4-5-18(7-8-19)12(20)11-10(15)9-16-17-11/h9H,4-8,15H2,1-3H3,(H,16,17). The first-order chi connectivity index (χ1) is 10.3. The van der Waals surface area contributed by atoms with E-state index >= 15 is 0 Å². The van der Waals surface area contributed by atoms with Crippen molar-refractivity contribution in [3.8, 4) is 0 Å². The minimum Gasteiger partial charge on any atom is -0.444 e. The first-order valence-electron chi connectivity index (χ1n) is 7.34. The van der Waals surface area contributed by atoms with Crippen molar-refractivity contribution in [2.24, 2.45) is 0 Å². The average molecular weight is 309 g/mol. The van der Waals surface area contributed by atoms with Crippen LogP contribution < -0.4 is 5.73 Å². The Morgan fingerprint density at radius 1 is 1.23 bits per heavy atom. The van der Waals surface area contributed by atoms with Gasteiger partial charge in [0.2, 0.25) is 0 Å². The maximum atomic E-state index is 12.4. The lowest BCUT2D eigenvalue weighted by Crippen LogP contribution is -2.40. The second-order valence-corrected chi connectivity index (χ2v) is 6.31. The molecule has 0 aromatic carbocycles. The molecule has 2 rings (SSSR count). The van der Waals surface area contributed by atoms with Crippen LogP contribution in [0.5, 0.6) is 0 Å². The molecule has 0 unspecified atom stereocenters. The highest BCUT2D eigenvalue weighted by atomic mass is 16.6. The summed E-state index contributed by atoms with van der Waals surface area (Å²) >= 11 is 0. The van der Waals surface area contributed by atoms with E-state index < -0.39 is 5.60 Å². The number of ether oxygens (including phenoxy) is 1. The molecule has 1 aliphatic heterocycles. The van der Waals surface area contributed by atoms with Gasteiger partial charge in [0.05, 0.1) is 11.9 Å². The number of nitrogen functional groups attached to an aromatic ring is 1. The molecule has 122 valence electrons. The van der Waals surface area contributed by atoms with Gasteiger partial charge in [0.25, 0.3) is 5.91 Å². The molecule has 2 heterocycles. The van der Waals surface area contributed by atoms with Crippen LogP contribution in [0.25, 0.3) is 0 Å². The number of aromatic amines is 1. The molecule has 1 aromatic heterocycles. The fraction of sp³-hybridized carbons (Fsp3) is 0.643. The van der Waals surface area contributed by atoms with E-state index in [0.717, 1.165) is 0 Å². The van der Waals surface area contributed by atoms with E-state index in [4.69, 9.17) is 10.5 Å². The molecule has 0 radical (unpaired) electrons. The van der Waals surface area contributed by atoms with Crippen molar-refractivity contribution < 1.29 is 14.3 Å². The number of H-pyrrole nitrogens is 1. The van der Waals surface area contributed by atoms with Crippen LogP contribution in [0.2, 0.25) is 0 Å². The van der Waals surface area contributed by atoms with Crippen LogP contribution in [0.3, 0.4) is 0 Å². The average Bonchev–Trinajstić information content (AvgIpc) is 2.70. The molecule has 1 saturated heterocycles. The molecular formula is C14H23N5O3. The highest BCUT2D eigenvalue weighted by Gasteiger charge is 2.27. The second kappa shape index (κ2) is 6.25. The molecular weight excluding hydrogens is 286 g/mol. The number of aromatic nitrogens is 2. The summed E-state index contributed by atoms with van der Waals surface area (Å²) in [5.74, 6) is -0.193. The van der Waals surface area contributed by atoms with E-state index in [-0.39, 0.29) is 12.0 Å². The maximum Gasteiger partial charge on any atom is 0.410 e. The largest absolute Gasteiger partial charge is 0.444 e. The monoisotopic (exact) mass is 309 g/mol. The highest BCUT2D eigenvalue weighted by Crippen LogP contribution is 2.15. The van der Waals surface area contributed by atoms with Crippen molar-refractivity contribution in [2.75, 3.05) is 31.9 Å². The number of carbonyl (C=O) groups is 2. The molecule has 0 saturated carbocycles. The summed E-state index contributed by atoms with van der Waals surface area (Å²) in [5, 5.41) is 6.38. The molecule has 3 N–H and O–H groups in total. The zero-order chi connectivity index (χ0) is 16.3. The van der Waals surface area contributed by atoms with Gasteiger partial charge in [-0.25, -0.2) is 4.79 Å². The Balaban J connectivity index is 1.97. The van der Waals surface area contributed by atoms with Gasteiger partial charge < -0.3 is 20.3 Å². The third-order valence-corrected chi connectivity index (χ3v) is 3.32. The summed E-state index contributed by atoms with van der Waals surface area (Å²) in [5.41, 5.74) is 5.81. The van der Waals surface area contributed by atoms with E-state index in [0.29, 0.717) is 44.0 Å². The molecule has 0 aliphatic carbocycles. The summed E-state index contributed by atoms with van der Waals surface area (Å²) in [6.07, 6.45) is 1.76. The first-order valence-corrected chi connectivity index (χ1v) is 7.34. The van der Waals surface area contributed by atoms with Crippen LogP contribution in [0.1, 0.15) is 37.7 Å². The topological polar surface area (TPSA) is 105 Å². The van der Waals surface area contributed by atoms with Crippen LogP contribution in [0.15, 0.2) is 6.20 Å². The van der Waals surface area contributed by atoms with E-state index in [2.05, 4.69) is 10.2 Å². The van der Waals surface area contributed by atoms with Crippen LogP contribution in [-0.2, 0) is 4.74 Å². The summed E-state index contributed by atoms with van der Waals surface area (Å²) in [6, 6.07) is 0. The first kappa shape index (κ1) is 16.1. The Bertz CT molecular complexity index is 549. The normalized spacial score (nSPS) is 16.3. The van der Waals surface area contributed by atoms with Crippen molar-refractivity contribution >= 4 is 17.7 Å². The van der Waals surface area contributed by atoms with Gasteiger partial charge in [-0.3, -0.25) is 9.89 Å². The predicted octanol–water partition coefficient (Wildman–Crippen LogP) is 1.07. The van der Waals surface area contributed by atoms with Gasteiger partial charge in [-0.2, -0.15) is 5.10 Å². The number of nitrogens with zero attached hydrogens (tertiary/aromatic N) is 3. The lowest BCUT2D eigenvalue weighted by atomic mass is 10.2. The molecule has 2 amide bonds. The van der Waals surface area contributed by atoms with Crippen LogP contribution in [-0.4, -0.2) is 63.8 Å². The number of hydrogen-bond donors (Lipinski definition) is 2. The highest BCUT2D eigenvalue weighted by molar-refractivity contribution is 5.97. The van der Waals surface area contributed by atoms with Crippen LogP contribution in [0, 0.1) is 0 Å². The molecule has 8 nitrogen and oxygen atoms in total. The third kappa shape index (κ3) is 3.90. The van der Waals surface area contributed by atoms with Crippen molar-refractivity contribution in [1.29, 1.82) is 0 Å². The minimum atomic E-state index is -0.525. The minimum absolute atomic E-state index is 0.193. The van der Waals surface area contributed by atoms with E-state index in [1.165, 1.54) is 6.20 Å².